The lowest BCUT2D eigenvalue weighted by Crippen LogP contribution is -2.39. The van der Waals surface area contributed by atoms with Gasteiger partial charge < -0.3 is 0 Å². The van der Waals surface area contributed by atoms with Gasteiger partial charge in [0.05, 0.1) is 5.56 Å². The van der Waals surface area contributed by atoms with Gasteiger partial charge in [-0.05, 0) is 30.3 Å². The second-order valence-corrected chi connectivity index (χ2v) is 5.75. The molecule has 0 saturated carbocycles. The Hall–Kier alpha value is -0.680. The van der Waals surface area contributed by atoms with Crippen LogP contribution in [0.3, 0.4) is 0 Å². The minimum Gasteiger partial charge on any atom is -0.297 e. The molecule has 2 heterocycles. The lowest BCUT2D eigenvalue weighted by molar-refractivity contribution is 0.465. The maximum absolute atomic E-state index is 12.1. The van der Waals surface area contributed by atoms with Crippen molar-refractivity contribution in [2.24, 2.45) is 5.92 Å². The lowest BCUT2D eigenvalue weighted by atomic mass is 10.1. The van der Waals surface area contributed by atoms with E-state index >= 15 is 0 Å². The van der Waals surface area contributed by atoms with Gasteiger partial charge in [-0.2, -0.15) is 11.8 Å². The topological polar surface area (TPSA) is 54.9 Å². The predicted molar refractivity (Wildman–Crippen MR) is 71.1 cm³/mol. The van der Waals surface area contributed by atoms with E-state index in [4.69, 9.17) is 11.6 Å². The molecule has 4 nitrogen and oxygen atoms in total. The van der Waals surface area contributed by atoms with E-state index in [0.717, 1.165) is 17.9 Å². The summed E-state index contributed by atoms with van der Waals surface area (Å²) in [7, 11) is 0. The Kier molecular flexibility index (Phi) is 3.99. The molecule has 0 bridgehead atoms. The van der Waals surface area contributed by atoms with Gasteiger partial charge in [-0.25, -0.2) is 4.79 Å². The smallest absolute Gasteiger partial charge is 0.297 e. The summed E-state index contributed by atoms with van der Waals surface area (Å²) in [6, 6.07) is 0. The summed E-state index contributed by atoms with van der Waals surface area (Å²) in [6.45, 7) is 2.36. The first kappa shape index (κ1) is 12.8. The average Bonchev–Trinajstić information content (AvgIpc) is 2.77. The molecule has 1 unspecified atom stereocenters. The molecule has 1 aliphatic rings. The largest absolute Gasteiger partial charge is 0.329 e. The van der Waals surface area contributed by atoms with Gasteiger partial charge >= 0.3 is 5.69 Å². The first-order valence-corrected chi connectivity index (χ1v) is 7.26. The number of aromatic amines is 1. The first-order valence-electron chi connectivity index (χ1n) is 5.72. The Labute approximate surface area is 108 Å². The van der Waals surface area contributed by atoms with E-state index < -0.39 is 5.69 Å². The summed E-state index contributed by atoms with van der Waals surface area (Å²) in [6.07, 6.45) is 1.61. The molecule has 1 aliphatic heterocycles. The number of H-pyrrole nitrogens is 1. The molecule has 1 saturated heterocycles. The Balaban J connectivity index is 2.39. The fraction of sp³-hybridized carbons (Fsp3) is 0.636. The zero-order chi connectivity index (χ0) is 12.4. The van der Waals surface area contributed by atoms with Crippen LogP contribution in [0, 0.1) is 5.92 Å². The molecule has 0 aromatic carbocycles. The minimum absolute atomic E-state index is 0.180. The molecule has 94 valence electrons. The van der Waals surface area contributed by atoms with Crippen molar-refractivity contribution >= 4 is 23.4 Å². The molecule has 1 aromatic heterocycles. The highest BCUT2D eigenvalue weighted by Crippen LogP contribution is 2.24. The fourth-order valence-corrected chi connectivity index (χ4v) is 3.61. The van der Waals surface area contributed by atoms with E-state index in [9.17, 15) is 9.59 Å². The van der Waals surface area contributed by atoms with Crippen molar-refractivity contribution in [2.45, 2.75) is 26.3 Å². The fourth-order valence-electron chi connectivity index (χ4n) is 2.04. The molecular formula is C11H15ClN2O2S. The normalized spacial score (nSPS) is 19.8. The molecule has 6 heteroatoms. The van der Waals surface area contributed by atoms with Gasteiger partial charge in [-0.1, -0.05) is 18.5 Å². The lowest BCUT2D eigenvalue weighted by Gasteiger charge is -2.11. The number of hydrogen-bond acceptors (Lipinski definition) is 3. The second kappa shape index (κ2) is 5.31. The van der Waals surface area contributed by atoms with Gasteiger partial charge in [-0.15, -0.1) is 0 Å². The summed E-state index contributed by atoms with van der Waals surface area (Å²) < 4.78 is 1.29. The molecule has 0 aliphatic carbocycles. The molecule has 17 heavy (non-hydrogen) atoms. The molecule has 2 rings (SSSR count). The van der Waals surface area contributed by atoms with Crippen molar-refractivity contribution in [2.75, 3.05) is 11.5 Å². The number of aromatic nitrogens is 2. The van der Waals surface area contributed by atoms with E-state index in [0.29, 0.717) is 24.4 Å². The number of halogens is 1. The van der Waals surface area contributed by atoms with Crippen LogP contribution < -0.4 is 11.2 Å². The van der Waals surface area contributed by atoms with Crippen molar-refractivity contribution < 1.29 is 0 Å². The Morgan fingerprint density at radius 2 is 2.29 bits per heavy atom. The Morgan fingerprint density at radius 1 is 1.53 bits per heavy atom. The maximum atomic E-state index is 12.1. The highest BCUT2D eigenvalue weighted by Gasteiger charge is 2.19. The standard InChI is InChI=1S/C11H15ClN2O2S/c1-2-8-9(12)13-11(16)14(10(8)15)5-7-3-4-17-6-7/h7H,2-6H2,1H3,(H,13,16). The van der Waals surface area contributed by atoms with Gasteiger partial charge in [0, 0.05) is 6.54 Å². The summed E-state index contributed by atoms with van der Waals surface area (Å²) in [5.74, 6) is 2.56. The number of thioether (sulfide) groups is 1. The molecule has 1 aromatic rings. The quantitative estimate of drug-likeness (QED) is 0.850. The van der Waals surface area contributed by atoms with Crippen LogP contribution in [0.4, 0.5) is 0 Å². The summed E-state index contributed by atoms with van der Waals surface area (Å²) in [4.78, 5) is 26.4. The van der Waals surface area contributed by atoms with Crippen molar-refractivity contribution in [3.63, 3.8) is 0 Å². The first-order chi connectivity index (χ1) is 8.13. The van der Waals surface area contributed by atoms with Crippen molar-refractivity contribution in [3.05, 3.63) is 31.6 Å². The van der Waals surface area contributed by atoms with E-state index in [1.807, 2.05) is 18.7 Å². The zero-order valence-corrected chi connectivity index (χ0v) is 11.2. The zero-order valence-electron chi connectivity index (χ0n) is 9.66. The number of nitrogens with one attached hydrogen (secondary N) is 1. The summed E-state index contributed by atoms with van der Waals surface area (Å²) >= 11 is 7.72. The SMILES string of the molecule is CCc1c(Cl)[nH]c(=O)n(CC2CCSC2)c1=O. The summed E-state index contributed by atoms with van der Waals surface area (Å²) in [5, 5.41) is 0.180. The van der Waals surface area contributed by atoms with Crippen molar-refractivity contribution in [1.29, 1.82) is 0 Å². The summed E-state index contributed by atoms with van der Waals surface area (Å²) in [5.41, 5.74) is -0.135. The number of nitrogens with zero attached hydrogens (tertiary/aromatic N) is 1. The van der Waals surface area contributed by atoms with E-state index in [-0.39, 0.29) is 10.7 Å². The van der Waals surface area contributed by atoms with Crippen LogP contribution in [0.1, 0.15) is 18.9 Å². The third kappa shape index (κ3) is 2.60. The van der Waals surface area contributed by atoms with E-state index in [1.165, 1.54) is 4.57 Å². The molecule has 1 N–H and O–H groups in total. The Bertz CT molecular complexity index is 517. The Morgan fingerprint density at radius 3 is 2.88 bits per heavy atom. The van der Waals surface area contributed by atoms with Crippen molar-refractivity contribution in [1.82, 2.24) is 9.55 Å². The highest BCUT2D eigenvalue weighted by molar-refractivity contribution is 7.99. The van der Waals surface area contributed by atoms with Gasteiger partial charge in [0.25, 0.3) is 5.56 Å². The number of rotatable bonds is 3. The molecule has 0 spiro atoms. The van der Waals surface area contributed by atoms with E-state index in [1.54, 1.807) is 0 Å². The van der Waals surface area contributed by atoms with Crippen molar-refractivity contribution in [3.8, 4) is 0 Å². The minimum atomic E-state index is -0.394. The molecule has 0 amide bonds. The van der Waals surface area contributed by atoms with Crippen LogP contribution in [0.5, 0.6) is 0 Å². The van der Waals surface area contributed by atoms with Crippen LogP contribution in [0.25, 0.3) is 0 Å². The molecule has 1 fully saturated rings. The van der Waals surface area contributed by atoms with Crippen LogP contribution in [0.2, 0.25) is 5.15 Å². The van der Waals surface area contributed by atoms with Crippen LogP contribution in [-0.2, 0) is 13.0 Å². The molecular weight excluding hydrogens is 260 g/mol. The second-order valence-electron chi connectivity index (χ2n) is 4.22. The third-order valence-electron chi connectivity index (χ3n) is 3.05. The van der Waals surface area contributed by atoms with Gasteiger partial charge in [0.2, 0.25) is 0 Å². The highest BCUT2D eigenvalue weighted by atomic mass is 35.5. The predicted octanol–water partition coefficient (Wildman–Crippen LogP) is 1.51. The monoisotopic (exact) mass is 274 g/mol. The van der Waals surface area contributed by atoms with Gasteiger partial charge in [0.1, 0.15) is 5.15 Å². The molecule has 0 radical (unpaired) electrons. The van der Waals surface area contributed by atoms with E-state index in [2.05, 4.69) is 4.98 Å². The van der Waals surface area contributed by atoms with Crippen LogP contribution >= 0.6 is 23.4 Å². The average molecular weight is 275 g/mol. The van der Waals surface area contributed by atoms with Gasteiger partial charge in [0.15, 0.2) is 0 Å². The third-order valence-corrected chi connectivity index (χ3v) is 4.60. The maximum Gasteiger partial charge on any atom is 0.329 e. The van der Waals surface area contributed by atoms with Crippen LogP contribution in [0.15, 0.2) is 9.59 Å². The van der Waals surface area contributed by atoms with Gasteiger partial charge in [-0.3, -0.25) is 14.3 Å². The number of hydrogen-bond donors (Lipinski definition) is 1. The molecule has 1 atom stereocenters. The van der Waals surface area contributed by atoms with Crippen LogP contribution in [-0.4, -0.2) is 21.1 Å².